The molecule has 0 aliphatic carbocycles. The molecule has 1 aromatic rings. The first-order valence-corrected chi connectivity index (χ1v) is 10.6. The monoisotopic (exact) mass is 366 g/mol. The molecule has 1 aliphatic heterocycles. The maximum absolute atomic E-state index is 12.6. The Labute approximate surface area is 151 Å². The Hall–Kier alpha value is -1.40. The molecule has 1 aliphatic rings. The molecule has 1 N–H and O–H groups in total. The van der Waals surface area contributed by atoms with Gasteiger partial charge in [0.25, 0.3) is 0 Å². The lowest BCUT2D eigenvalue weighted by Gasteiger charge is -2.31. The molecule has 1 heterocycles. The van der Waals surface area contributed by atoms with Gasteiger partial charge in [-0.1, -0.05) is 43.7 Å². The van der Waals surface area contributed by atoms with E-state index in [9.17, 15) is 13.2 Å². The predicted molar refractivity (Wildman–Crippen MR) is 101 cm³/mol. The first-order valence-electron chi connectivity index (χ1n) is 9.03. The van der Waals surface area contributed by atoms with Gasteiger partial charge in [0.2, 0.25) is 15.9 Å². The minimum Gasteiger partial charge on any atom is -0.353 e. The molecule has 140 valence electrons. The van der Waals surface area contributed by atoms with Gasteiger partial charge in [0.1, 0.15) is 0 Å². The summed E-state index contributed by atoms with van der Waals surface area (Å²) < 4.78 is 26.7. The van der Waals surface area contributed by atoms with Crippen molar-refractivity contribution in [2.45, 2.75) is 52.3 Å². The maximum atomic E-state index is 12.6. The van der Waals surface area contributed by atoms with Gasteiger partial charge >= 0.3 is 0 Å². The van der Waals surface area contributed by atoms with Crippen LogP contribution in [-0.4, -0.2) is 37.8 Å². The van der Waals surface area contributed by atoms with Crippen LogP contribution in [0, 0.1) is 18.8 Å². The average Bonchev–Trinajstić information content (AvgIpc) is 2.56. The second-order valence-corrected chi connectivity index (χ2v) is 9.43. The van der Waals surface area contributed by atoms with Gasteiger partial charge in [0, 0.05) is 25.0 Å². The highest BCUT2D eigenvalue weighted by Gasteiger charge is 2.31. The van der Waals surface area contributed by atoms with E-state index in [-0.39, 0.29) is 23.6 Å². The fraction of sp³-hybridized carbons (Fsp3) is 0.632. The van der Waals surface area contributed by atoms with Crippen LogP contribution in [0.25, 0.3) is 0 Å². The molecule has 2 rings (SSSR count). The number of carbonyl (C=O) groups excluding carboxylic acids is 1. The number of benzene rings is 1. The molecule has 6 heteroatoms. The fourth-order valence-electron chi connectivity index (χ4n) is 2.89. The van der Waals surface area contributed by atoms with Crippen LogP contribution < -0.4 is 5.32 Å². The van der Waals surface area contributed by atoms with Gasteiger partial charge in [0.05, 0.1) is 5.75 Å². The van der Waals surface area contributed by atoms with Gasteiger partial charge in [-0.15, -0.1) is 0 Å². The molecule has 1 atom stereocenters. The van der Waals surface area contributed by atoms with Crippen LogP contribution in [0.2, 0.25) is 0 Å². The SMILES string of the molecule is Cc1ccc(CS(=O)(=O)N2CCC(C(=O)NC(C)C(C)C)CC2)cc1. The molecular weight excluding hydrogens is 336 g/mol. The summed E-state index contributed by atoms with van der Waals surface area (Å²) >= 11 is 0. The highest BCUT2D eigenvalue weighted by molar-refractivity contribution is 7.88. The van der Waals surface area contributed by atoms with E-state index < -0.39 is 10.0 Å². The van der Waals surface area contributed by atoms with E-state index in [1.807, 2.05) is 38.1 Å². The van der Waals surface area contributed by atoms with E-state index in [2.05, 4.69) is 19.2 Å². The maximum Gasteiger partial charge on any atom is 0.223 e. The van der Waals surface area contributed by atoms with Crippen molar-refractivity contribution in [1.29, 1.82) is 0 Å². The topological polar surface area (TPSA) is 66.5 Å². The zero-order valence-electron chi connectivity index (χ0n) is 15.7. The number of sulfonamides is 1. The van der Waals surface area contributed by atoms with Crippen LogP contribution >= 0.6 is 0 Å². The van der Waals surface area contributed by atoms with E-state index in [0.717, 1.165) is 11.1 Å². The Morgan fingerprint density at radius 2 is 1.72 bits per heavy atom. The number of hydrogen-bond acceptors (Lipinski definition) is 3. The molecule has 1 aromatic carbocycles. The van der Waals surface area contributed by atoms with E-state index in [0.29, 0.717) is 31.8 Å². The van der Waals surface area contributed by atoms with Crippen molar-refractivity contribution in [3.63, 3.8) is 0 Å². The molecule has 0 radical (unpaired) electrons. The lowest BCUT2D eigenvalue weighted by Crippen LogP contribution is -2.46. The van der Waals surface area contributed by atoms with Gasteiger partial charge in [-0.3, -0.25) is 4.79 Å². The normalized spacial score (nSPS) is 18.3. The van der Waals surface area contributed by atoms with Crippen LogP contribution in [0.5, 0.6) is 0 Å². The summed E-state index contributed by atoms with van der Waals surface area (Å²) in [5, 5.41) is 3.04. The molecule has 1 amide bonds. The Morgan fingerprint density at radius 3 is 2.24 bits per heavy atom. The molecule has 0 aromatic heterocycles. The van der Waals surface area contributed by atoms with E-state index in [1.54, 1.807) is 0 Å². The number of amides is 1. The lowest BCUT2D eigenvalue weighted by molar-refractivity contribution is -0.127. The molecule has 5 nitrogen and oxygen atoms in total. The second kappa shape index (κ2) is 8.32. The van der Waals surface area contributed by atoms with Gasteiger partial charge < -0.3 is 5.32 Å². The molecule has 1 unspecified atom stereocenters. The van der Waals surface area contributed by atoms with Gasteiger partial charge in [-0.25, -0.2) is 12.7 Å². The molecule has 1 fully saturated rings. The third-order valence-electron chi connectivity index (χ3n) is 5.06. The van der Waals surface area contributed by atoms with Crippen LogP contribution in [0.1, 0.15) is 44.7 Å². The van der Waals surface area contributed by atoms with E-state index >= 15 is 0 Å². The number of rotatable bonds is 6. The van der Waals surface area contributed by atoms with E-state index in [4.69, 9.17) is 0 Å². The quantitative estimate of drug-likeness (QED) is 0.842. The number of nitrogens with one attached hydrogen (secondary N) is 1. The third-order valence-corrected chi connectivity index (χ3v) is 6.91. The lowest BCUT2D eigenvalue weighted by atomic mass is 9.96. The predicted octanol–water partition coefficient (Wildman–Crippen LogP) is 2.70. The zero-order valence-corrected chi connectivity index (χ0v) is 16.5. The average molecular weight is 367 g/mol. The van der Waals surface area contributed by atoms with Crippen molar-refractivity contribution in [1.82, 2.24) is 9.62 Å². The Kier molecular flexibility index (Phi) is 6.63. The van der Waals surface area contributed by atoms with Gasteiger partial charge in [-0.05, 0) is 38.2 Å². The second-order valence-electron chi connectivity index (χ2n) is 7.46. The summed E-state index contributed by atoms with van der Waals surface area (Å²) in [5.41, 5.74) is 1.92. The molecule has 0 spiro atoms. The van der Waals surface area contributed by atoms with Crippen molar-refractivity contribution in [2.24, 2.45) is 11.8 Å². The standard InChI is InChI=1S/C19H30N2O3S/c1-14(2)16(4)20-19(22)18-9-11-21(12-10-18)25(23,24)13-17-7-5-15(3)6-8-17/h5-8,14,16,18H,9-13H2,1-4H3,(H,20,22). The number of nitrogens with zero attached hydrogens (tertiary/aromatic N) is 1. The van der Waals surface area contributed by atoms with Crippen LogP contribution in [0.4, 0.5) is 0 Å². The Balaban J connectivity index is 1.90. The summed E-state index contributed by atoms with van der Waals surface area (Å²) in [4.78, 5) is 12.3. The number of carbonyl (C=O) groups is 1. The van der Waals surface area contributed by atoms with Crippen molar-refractivity contribution < 1.29 is 13.2 Å². The molecule has 25 heavy (non-hydrogen) atoms. The molecule has 0 saturated carbocycles. The third kappa shape index (κ3) is 5.54. The molecule has 1 saturated heterocycles. The smallest absolute Gasteiger partial charge is 0.223 e. The van der Waals surface area contributed by atoms with Gasteiger partial charge in [-0.2, -0.15) is 0 Å². The highest BCUT2D eigenvalue weighted by Crippen LogP contribution is 2.22. The van der Waals surface area contributed by atoms with Gasteiger partial charge in [0.15, 0.2) is 0 Å². The fourth-order valence-corrected chi connectivity index (χ4v) is 4.45. The Bertz CT molecular complexity index is 675. The summed E-state index contributed by atoms with van der Waals surface area (Å²) in [7, 11) is -3.33. The molecular formula is C19H30N2O3S. The Morgan fingerprint density at radius 1 is 1.16 bits per heavy atom. The summed E-state index contributed by atoms with van der Waals surface area (Å²) in [6.07, 6.45) is 1.17. The highest BCUT2D eigenvalue weighted by atomic mass is 32.2. The van der Waals surface area contributed by atoms with Crippen molar-refractivity contribution in [2.75, 3.05) is 13.1 Å². The number of piperidine rings is 1. The zero-order chi connectivity index (χ0) is 18.6. The largest absolute Gasteiger partial charge is 0.353 e. The van der Waals surface area contributed by atoms with Crippen LogP contribution in [-0.2, 0) is 20.6 Å². The minimum absolute atomic E-state index is 0.0223. The first-order chi connectivity index (χ1) is 11.7. The minimum atomic E-state index is -3.33. The van der Waals surface area contributed by atoms with Crippen molar-refractivity contribution >= 4 is 15.9 Å². The van der Waals surface area contributed by atoms with Crippen LogP contribution in [0.3, 0.4) is 0 Å². The summed E-state index contributed by atoms with van der Waals surface area (Å²) in [6.45, 7) is 8.97. The first kappa shape index (κ1) is 19.9. The summed E-state index contributed by atoms with van der Waals surface area (Å²) in [5.74, 6) is 0.372. The van der Waals surface area contributed by atoms with Crippen LogP contribution in [0.15, 0.2) is 24.3 Å². The number of aryl methyl sites for hydroxylation is 1. The number of hydrogen-bond donors (Lipinski definition) is 1. The van der Waals surface area contributed by atoms with Crippen molar-refractivity contribution in [3.8, 4) is 0 Å². The van der Waals surface area contributed by atoms with Crippen molar-refractivity contribution in [3.05, 3.63) is 35.4 Å². The molecule has 0 bridgehead atoms. The summed E-state index contributed by atoms with van der Waals surface area (Å²) in [6, 6.07) is 7.71. The van der Waals surface area contributed by atoms with E-state index in [1.165, 1.54) is 4.31 Å².